The fraction of sp³-hybridized carbons (Fsp3) is 0.619. The number of carbonyl (C=O) groups excluding carboxylic acids is 2. The quantitative estimate of drug-likeness (QED) is 0.511. The summed E-state index contributed by atoms with van der Waals surface area (Å²) in [6.07, 6.45) is 2.51. The summed E-state index contributed by atoms with van der Waals surface area (Å²) in [6.45, 7) is 3.90. The van der Waals surface area contributed by atoms with Gasteiger partial charge in [-0.1, -0.05) is 11.6 Å². The van der Waals surface area contributed by atoms with Crippen molar-refractivity contribution in [2.45, 2.75) is 58.2 Å². The van der Waals surface area contributed by atoms with Crippen LogP contribution in [0.15, 0.2) is 12.1 Å². The molecule has 1 aromatic carbocycles. The molecule has 0 N–H and O–H groups in total. The van der Waals surface area contributed by atoms with Gasteiger partial charge in [-0.2, -0.15) is 0 Å². The number of aryl methyl sites for hydroxylation is 2. The molecule has 0 atom stereocenters. The minimum Gasteiger partial charge on any atom is -0.469 e. The van der Waals surface area contributed by atoms with Crippen molar-refractivity contribution in [2.75, 3.05) is 21.3 Å². The van der Waals surface area contributed by atoms with Crippen LogP contribution in [0.3, 0.4) is 0 Å². The smallest absolute Gasteiger partial charge is 0.312 e. The minimum atomic E-state index is -0.819. The van der Waals surface area contributed by atoms with E-state index in [1.165, 1.54) is 7.11 Å². The van der Waals surface area contributed by atoms with Crippen LogP contribution in [0.4, 0.5) is 0 Å². The van der Waals surface area contributed by atoms with Crippen molar-refractivity contribution in [2.24, 2.45) is 5.41 Å². The number of hydrogen-bond donors (Lipinski definition) is 0. The molecule has 0 amide bonds. The van der Waals surface area contributed by atoms with Gasteiger partial charge < -0.3 is 14.2 Å². The molecule has 0 aromatic heterocycles. The van der Waals surface area contributed by atoms with E-state index in [9.17, 15) is 9.59 Å². The number of carbonyl (C=O) groups is 2. The zero-order valence-corrected chi connectivity index (χ0v) is 17.6. The fourth-order valence-corrected chi connectivity index (χ4v) is 4.45. The lowest BCUT2D eigenvalue weighted by Gasteiger charge is -2.43. The number of methoxy groups -OCH3 is 3. The minimum absolute atomic E-state index is 0.0243. The Morgan fingerprint density at radius 2 is 1.52 bits per heavy atom. The molecule has 6 heteroatoms. The Bertz CT molecular complexity index is 676. The van der Waals surface area contributed by atoms with E-state index >= 15 is 0 Å². The predicted octanol–water partition coefficient (Wildman–Crippen LogP) is 4.18. The molecule has 150 valence electrons. The summed E-state index contributed by atoms with van der Waals surface area (Å²) in [6, 6.07) is 3.72. The van der Waals surface area contributed by atoms with Crippen LogP contribution in [0.2, 0.25) is 5.02 Å². The van der Waals surface area contributed by atoms with Crippen LogP contribution in [0.25, 0.3) is 0 Å². The molecule has 0 aliphatic heterocycles. The molecule has 1 aliphatic rings. The number of ketones is 1. The van der Waals surface area contributed by atoms with Crippen molar-refractivity contribution in [3.8, 4) is 0 Å². The van der Waals surface area contributed by atoms with Crippen LogP contribution in [0.1, 0.15) is 48.8 Å². The van der Waals surface area contributed by atoms with Crippen LogP contribution in [0.5, 0.6) is 0 Å². The summed E-state index contributed by atoms with van der Waals surface area (Å²) in [4.78, 5) is 25.5. The molecule has 0 saturated heterocycles. The Labute approximate surface area is 166 Å². The topological polar surface area (TPSA) is 61.8 Å². The molecule has 1 saturated carbocycles. The van der Waals surface area contributed by atoms with Gasteiger partial charge in [0.15, 0.2) is 5.79 Å². The summed E-state index contributed by atoms with van der Waals surface area (Å²) >= 11 is 6.08. The highest BCUT2D eigenvalue weighted by Gasteiger charge is 2.49. The van der Waals surface area contributed by atoms with Gasteiger partial charge in [0.25, 0.3) is 0 Å². The van der Waals surface area contributed by atoms with Crippen LogP contribution in [-0.4, -0.2) is 38.9 Å². The van der Waals surface area contributed by atoms with E-state index in [1.807, 2.05) is 26.0 Å². The third-order valence-electron chi connectivity index (χ3n) is 5.90. The van der Waals surface area contributed by atoms with Gasteiger partial charge in [0, 0.05) is 44.9 Å². The molecule has 1 fully saturated rings. The van der Waals surface area contributed by atoms with Gasteiger partial charge in [-0.15, -0.1) is 0 Å². The lowest BCUT2D eigenvalue weighted by molar-refractivity contribution is -0.236. The zero-order chi connectivity index (χ0) is 20.2. The van der Waals surface area contributed by atoms with Crippen molar-refractivity contribution in [1.29, 1.82) is 0 Å². The third kappa shape index (κ3) is 4.71. The molecule has 2 rings (SSSR count). The van der Waals surface area contributed by atoms with E-state index < -0.39 is 11.2 Å². The third-order valence-corrected chi connectivity index (χ3v) is 6.12. The van der Waals surface area contributed by atoms with E-state index in [2.05, 4.69) is 0 Å². The zero-order valence-electron chi connectivity index (χ0n) is 16.8. The molecule has 1 aromatic rings. The number of halogens is 1. The van der Waals surface area contributed by atoms with E-state index in [1.54, 1.807) is 14.2 Å². The number of Topliss-reactive ketones (excluding diaryl/α,β-unsaturated/α-hetero) is 1. The second-order valence-electron chi connectivity index (χ2n) is 7.50. The van der Waals surface area contributed by atoms with Gasteiger partial charge in [-0.25, -0.2) is 0 Å². The number of benzene rings is 1. The average molecular weight is 397 g/mol. The molecule has 0 heterocycles. The SMILES string of the molecule is COC(=O)C1(CC(=O)Cc2c(C)cc(Cl)cc2C)CCC(OC)(OC)CC1. The molecular weight excluding hydrogens is 368 g/mol. The van der Waals surface area contributed by atoms with E-state index in [0.29, 0.717) is 30.7 Å². The Balaban J connectivity index is 2.18. The van der Waals surface area contributed by atoms with Gasteiger partial charge >= 0.3 is 5.97 Å². The number of esters is 1. The van der Waals surface area contributed by atoms with Crippen LogP contribution >= 0.6 is 11.6 Å². The maximum absolute atomic E-state index is 12.9. The molecular formula is C21H29ClO5. The summed E-state index contributed by atoms with van der Waals surface area (Å²) < 4.78 is 16.1. The second-order valence-corrected chi connectivity index (χ2v) is 7.94. The van der Waals surface area contributed by atoms with Crippen LogP contribution in [0, 0.1) is 19.3 Å². The van der Waals surface area contributed by atoms with Gasteiger partial charge in [0.05, 0.1) is 12.5 Å². The lowest BCUT2D eigenvalue weighted by Crippen LogP contribution is -2.46. The van der Waals surface area contributed by atoms with Crippen molar-refractivity contribution in [3.63, 3.8) is 0 Å². The summed E-state index contributed by atoms with van der Waals surface area (Å²) in [7, 11) is 4.58. The van der Waals surface area contributed by atoms with E-state index in [4.69, 9.17) is 25.8 Å². The molecule has 0 radical (unpaired) electrons. The van der Waals surface area contributed by atoms with Gasteiger partial charge in [0.2, 0.25) is 0 Å². The van der Waals surface area contributed by atoms with Crippen molar-refractivity contribution in [1.82, 2.24) is 0 Å². The fourth-order valence-electron chi connectivity index (χ4n) is 4.13. The maximum Gasteiger partial charge on any atom is 0.312 e. The molecule has 1 aliphatic carbocycles. The number of hydrogen-bond acceptors (Lipinski definition) is 5. The Morgan fingerprint density at radius 3 is 1.96 bits per heavy atom. The summed E-state index contributed by atoms with van der Waals surface area (Å²) in [5.74, 6) is -0.998. The Morgan fingerprint density at radius 1 is 1.00 bits per heavy atom. The maximum atomic E-state index is 12.9. The first-order valence-corrected chi connectivity index (χ1v) is 9.55. The lowest BCUT2D eigenvalue weighted by atomic mass is 9.68. The Hall–Kier alpha value is -1.43. The molecule has 0 unspecified atom stereocenters. The molecule has 0 bridgehead atoms. The van der Waals surface area contributed by atoms with Crippen LogP contribution < -0.4 is 0 Å². The van der Waals surface area contributed by atoms with E-state index in [-0.39, 0.29) is 24.6 Å². The first-order chi connectivity index (χ1) is 12.7. The number of rotatable bonds is 7. The summed E-state index contributed by atoms with van der Waals surface area (Å²) in [5.41, 5.74) is 2.13. The monoisotopic (exact) mass is 396 g/mol. The molecule has 5 nitrogen and oxygen atoms in total. The highest BCUT2D eigenvalue weighted by atomic mass is 35.5. The predicted molar refractivity (Wildman–Crippen MR) is 104 cm³/mol. The number of ether oxygens (including phenoxy) is 3. The highest BCUT2D eigenvalue weighted by molar-refractivity contribution is 6.30. The average Bonchev–Trinajstić information content (AvgIpc) is 2.64. The Kier molecular flexibility index (Phi) is 7.06. The standard InChI is InChI=1S/C21H29ClO5/c1-14-10-16(22)11-15(2)18(14)12-17(23)13-20(19(24)25-3)6-8-21(26-4,27-5)9-7-20/h10-11H,6-9,12-13H2,1-5H3. The highest BCUT2D eigenvalue weighted by Crippen LogP contribution is 2.46. The second kappa shape index (κ2) is 8.72. The molecule has 27 heavy (non-hydrogen) atoms. The molecule has 0 spiro atoms. The van der Waals surface area contributed by atoms with Crippen LogP contribution in [-0.2, 0) is 30.2 Å². The van der Waals surface area contributed by atoms with E-state index in [0.717, 1.165) is 16.7 Å². The largest absolute Gasteiger partial charge is 0.469 e. The summed E-state index contributed by atoms with van der Waals surface area (Å²) in [5, 5.41) is 0.662. The van der Waals surface area contributed by atoms with Crippen molar-refractivity contribution < 1.29 is 23.8 Å². The van der Waals surface area contributed by atoms with Crippen molar-refractivity contribution >= 4 is 23.4 Å². The van der Waals surface area contributed by atoms with Crippen molar-refractivity contribution in [3.05, 3.63) is 33.8 Å². The first kappa shape index (κ1) is 21.9. The van der Waals surface area contributed by atoms with Gasteiger partial charge in [-0.3, -0.25) is 9.59 Å². The normalized spacial score (nSPS) is 18.1. The first-order valence-electron chi connectivity index (χ1n) is 9.17. The van der Waals surface area contributed by atoms with Gasteiger partial charge in [0.1, 0.15) is 5.78 Å². The van der Waals surface area contributed by atoms with Gasteiger partial charge in [-0.05, 0) is 55.5 Å².